The predicted molar refractivity (Wildman–Crippen MR) is 105 cm³/mol. The fraction of sp³-hybridized carbons (Fsp3) is 0.550. The molecule has 6 nitrogen and oxygen atoms in total. The molecule has 2 amide bonds. The zero-order valence-corrected chi connectivity index (χ0v) is 16.3. The molecule has 9 heteroatoms. The maximum Gasteiger partial charge on any atom is 0.416 e. The van der Waals surface area contributed by atoms with Crippen molar-refractivity contribution >= 4 is 11.7 Å². The van der Waals surface area contributed by atoms with Crippen LogP contribution in [0.25, 0.3) is 0 Å². The molecule has 1 aromatic rings. The van der Waals surface area contributed by atoms with Crippen LogP contribution in [0.3, 0.4) is 0 Å². The van der Waals surface area contributed by atoms with Crippen molar-refractivity contribution in [3.8, 4) is 0 Å². The Morgan fingerprint density at radius 2 is 2.00 bits per heavy atom. The van der Waals surface area contributed by atoms with E-state index in [-0.39, 0.29) is 12.1 Å². The Labute approximate surface area is 168 Å². The molecule has 1 N–H and O–H groups in total. The molecular formula is C20H27F3N4O2. The minimum atomic E-state index is -4.33. The number of hydrogen-bond donors (Lipinski definition) is 1. The van der Waals surface area contributed by atoms with E-state index < -0.39 is 11.7 Å². The van der Waals surface area contributed by atoms with E-state index in [9.17, 15) is 18.0 Å². The lowest BCUT2D eigenvalue weighted by Gasteiger charge is -2.40. The molecule has 0 aromatic heterocycles. The molecule has 0 bridgehead atoms. The van der Waals surface area contributed by atoms with E-state index in [4.69, 9.17) is 4.74 Å². The number of morpholine rings is 1. The van der Waals surface area contributed by atoms with Gasteiger partial charge in [-0.3, -0.25) is 4.90 Å². The average Bonchev–Trinajstić information content (AvgIpc) is 2.72. The SMILES string of the molecule is C=CCNC(=O)N1CCOC(CN2CCN(c3cccc(C(F)(F)F)c3)CC2)C1. The fourth-order valence-corrected chi connectivity index (χ4v) is 3.64. The first-order valence-electron chi connectivity index (χ1n) is 9.76. The number of urea groups is 1. The topological polar surface area (TPSA) is 48.1 Å². The van der Waals surface area contributed by atoms with E-state index in [0.717, 1.165) is 19.2 Å². The van der Waals surface area contributed by atoms with Gasteiger partial charge in [0.1, 0.15) is 0 Å². The zero-order valence-electron chi connectivity index (χ0n) is 16.3. The van der Waals surface area contributed by atoms with Crippen LogP contribution in [-0.4, -0.2) is 80.9 Å². The quantitative estimate of drug-likeness (QED) is 0.755. The number of nitrogens with zero attached hydrogens (tertiary/aromatic N) is 3. The van der Waals surface area contributed by atoms with Gasteiger partial charge in [-0.15, -0.1) is 6.58 Å². The number of ether oxygens (including phenoxy) is 1. The van der Waals surface area contributed by atoms with Crippen molar-refractivity contribution in [2.24, 2.45) is 0 Å². The van der Waals surface area contributed by atoms with E-state index in [0.29, 0.717) is 51.6 Å². The van der Waals surface area contributed by atoms with Crippen LogP contribution in [0.5, 0.6) is 0 Å². The van der Waals surface area contributed by atoms with Crippen LogP contribution >= 0.6 is 0 Å². The first kappa shape index (κ1) is 21.4. The van der Waals surface area contributed by atoms with Crippen LogP contribution < -0.4 is 10.2 Å². The molecule has 1 atom stereocenters. The second-order valence-corrected chi connectivity index (χ2v) is 7.25. The van der Waals surface area contributed by atoms with Crippen molar-refractivity contribution in [3.63, 3.8) is 0 Å². The maximum atomic E-state index is 12.9. The van der Waals surface area contributed by atoms with Crippen LogP contribution in [0.15, 0.2) is 36.9 Å². The van der Waals surface area contributed by atoms with Crippen LogP contribution in [0.1, 0.15) is 5.56 Å². The Bertz CT molecular complexity index is 705. The second-order valence-electron chi connectivity index (χ2n) is 7.25. The Kier molecular flexibility index (Phi) is 7.02. The van der Waals surface area contributed by atoms with Crippen molar-refractivity contribution in [2.45, 2.75) is 12.3 Å². The Hall–Kier alpha value is -2.26. The monoisotopic (exact) mass is 412 g/mol. The summed E-state index contributed by atoms with van der Waals surface area (Å²) in [6, 6.07) is 5.35. The van der Waals surface area contributed by atoms with E-state index in [1.54, 1.807) is 17.0 Å². The standard InChI is InChI=1S/C20H27F3N4O2/c1-2-6-24-19(28)27-11-12-29-18(15-27)14-25-7-9-26(10-8-25)17-5-3-4-16(13-17)20(21,22)23/h2-5,13,18H,1,6-12,14-15H2,(H,24,28). The molecule has 0 spiro atoms. The normalized spacial score (nSPS) is 21.1. The van der Waals surface area contributed by atoms with E-state index >= 15 is 0 Å². The largest absolute Gasteiger partial charge is 0.416 e. The van der Waals surface area contributed by atoms with Gasteiger partial charge in [-0.05, 0) is 18.2 Å². The van der Waals surface area contributed by atoms with Crippen LogP contribution in [0.4, 0.5) is 23.7 Å². The summed E-state index contributed by atoms with van der Waals surface area (Å²) >= 11 is 0. The highest BCUT2D eigenvalue weighted by atomic mass is 19.4. The number of anilines is 1. The summed E-state index contributed by atoms with van der Waals surface area (Å²) in [5.41, 5.74) is -0.0266. The first-order chi connectivity index (χ1) is 13.9. The fourth-order valence-electron chi connectivity index (χ4n) is 3.64. The summed E-state index contributed by atoms with van der Waals surface area (Å²) in [6.45, 7) is 9.07. The number of piperazine rings is 1. The van der Waals surface area contributed by atoms with Crippen molar-refractivity contribution in [2.75, 3.05) is 63.9 Å². The molecule has 29 heavy (non-hydrogen) atoms. The molecule has 0 aliphatic carbocycles. The third-order valence-electron chi connectivity index (χ3n) is 5.20. The second kappa shape index (κ2) is 9.49. The molecule has 2 saturated heterocycles. The lowest BCUT2D eigenvalue weighted by Crippen LogP contribution is -2.55. The van der Waals surface area contributed by atoms with Crippen molar-refractivity contribution in [1.29, 1.82) is 0 Å². The number of nitrogens with one attached hydrogen (secondary N) is 1. The minimum Gasteiger partial charge on any atom is -0.373 e. The highest BCUT2D eigenvalue weighted by molar-refractivity contribution is 5.74. The first-order valence-corrected chi connectivity index (χ1v) is 9.76. The van der Waals surface area contributed by atoms with Gasteiger partial charge in [-0.2, -0.15) is 13.2 Å². The van der Waals surface area contributed by atoms with E-state index in [1.165, 1.54) is 12.1 Å². The molecule has 2 aliphatic heterocycles. The number of alkyl halides is 3. The summed E-state index contributed by atoms with van der Waals surface area (Å²) < 4.78 is 44.6. The van der Waals surface area contributed by atoms with E-state index in [2.05, 4.69) is 16.8 Å². The van der Waals surface area contributed by atoms with Gasteiger partial charge in [0, 0.05) is 58.0 Å². The lowest BCUT2D eigenvalue weighted by atomic mass is 10.1. The average molecular weight is 412 g/mol. The van der Waals surface area contributed by atoms with Crippen LogP contribution in [0.2, 0.25) is 0 Å². The minimum absolute atomic E-state index is 0.0710. The molecule has 2 heterocycles. The van der Waals surface area contributed by atoms with Crippen LogP contribution in [-0.2, 0) is 10.9 Å². The van der Waals surface area contributed by atoms with Gasteiger partial charge < -0.3 is 19.9 Å². The number of carbonyl (C=O) groups excluding carboxylic acids is 1. The highest BCUT2D eigenvalue weighted by Crippen LogP contribution is 2.31. The number of benzene rings is 1. The smallest absolute Gasteiger partial charge is 0.373 e. The molecule has 2 aliphatic rings. The van der Waals surface area contributed by atoms with Crippen molar-refractivity contribution < 1.29 is 22.7 Å². The molecule has 1 unspecified atom stereocenters. The van der Waals surface area contributed by atoms with Gasteiger partial charge in [-0.25, -0.2) is 4.79 Å². The molecule has 0 radical (unpaired) electrons. The van der Waals surface area contributed by atoms with Gasteiger partial charge in [0.25, 0.3) is 0 Å². The summed E-state index contributed by atoms with van der Waals surface area (Å²) in [5.74, 6) is 0. The maximum absolute atomic E-state index is 12.9. The summed E-state index contributed by atoms with van der Waals surface area (Å²) in [4.78, 5) is 18.1. The molecular weight excluding hydrogens is 385 g/mol. The van der Waals surface area contributed by atoms with Crippen LogP contribution in [0, 0.1) is 0 Å². The van der Waals surface area contributed by atoms with E-state index in [1.807, 2.05) is 4.90 Å². The Balaban J connectivity index is 1.49. The third kappa shape index (κ3) is 5.86. The highest BCUT2D eigenvalue weighted by Gasteiger charge is 2.31. The molecule has 1 aromatic carbocycles. The zero-order chi connectivity index (χ0) is 20.9. The molecule has 160 valence electrons. The van der Waals surface area contributed by atoms with Gasteiger partial charge in [-0.1, -0.05) is 12.1 Å². The number of amides is 2. The molecule has 3 rings (SSSR count). The molecule has 2 fully saturated rings. The number of rotatable bonds is 5. The van der Waals surface area contributed by atoms with Gasteiger partial charge in [0.15, 0.2) is 0 Å². The van der Waals surface area contributed by atoms with Gasteiger partial charge in [0.05, 0.1) is 18.3 Å². The van der Waals surface area contributed by atoms with Crippen molar-refractivity contribution in [1.82, 2.24) is 15.1 Å². The summed E-state index contributed by atoms with van der Waals surface area (Å²) in [5, 5.41) is 2.78. The number of hydrogen-bond acceptors (Lipinski definition) is 4. The molecule has 0 saturated carbocycles. The third-order valence-corrected chi connectivity index (χ3v) is 5.20. The number of carbonyl (C=O) groups is 1. The summed E-state index contributed by atoms with van der Waals surface area (Å²) in [6.07, 6.45) is -2.77. The lowest BCUT2D eigenvalue weighted by molar-refractivity contribution is -0.137. The Morgan fingerprint density at radius 3 is 2.69 bits per heavy atom. The van der Waals surface area contributed by atoms with Gasteiger partial charge in [0.2, 0.25) is 0 Å². The van der Waals surface area contributed by atoms with Gasteiger partial charge >= 0.3 is 12.2 Å². The Morgan fingerprint density at radius 1 is 1.24 bits per heavy atom. The predicted octanol–water partition coefficient (Wildman–Crippen LogP) is 2.42. The van der Waals surface area contributed by atoms with Crippen molar-refractivity contribution in [3.05, 3.63) is 42.5 Å². The summed E-state index contributed by atoms with van der Waals surface area (Å²) in [7, 11) is 0. The number of halogens is 3.